The van der Waals surface area contributed by atoms with E-state index in [0.717, 1.165) is 16.3 Å². The second-order valence-corrected chi connectivity index (χ2v) is 9.21. The first-order chi connectivity index (χ1) is 13.3. The summed E-state index contributed by atoms with van der Waals surface area (Å²) in [5, 5.41) is 2.74. The van der Waals surface area contributed by atoms with Gasteiger partial charge in [0.15, 0.2) is 0 Å². The molecule has 1 aromatic heterocycles. The molecule has 4 aromatic rings. The fourth-order valence-electron chi connectivity index (χ4n) is 2.99. The van der Waals surface area contributed by atoms with E-state index >= 15 is 0 Å². The van der Waals surface area contributed by atoms with Gasteiger partial charge in [0.2, 0.25) is 10.0 Å². The number of benzene rings is 3. The van der Waals surface area contributed by atoms with Crippen molar-refractivity contribution in [2.24, 2.45) is 0 Å². The summed E-state index contributed by atoms with van der Waals surface area (Å²) in [6, 6.07) is 19.0. The first kappa shape index (κ1) is 18.7. The van der Waals surface area contributed by atoms with E-state index in [9.17, 15) is 8.42 Å². The molecule has 0 spiro atoms. The van der Waals surface area contributed by atoms with Gasteiger partial charge in [0.1, 0.15) is 5.82 Å². The van der Waals surface area contributed by atoms with Crippen molar-refractivity contribution in [3.05, 3.63) is 72.1 Å². The molecule has 0 aliphatic heterocycles. The van der Waals surface area contributed by atoms with Crippen LogP contribution in [-0.2, 0) is 10.0 Å². The maximum atomic E-state index is 12.3. The Balaban J connectivity index is 1.72. The molecule has 3 aromatic carbocycles. The number of fused-ring (bicyclic) bond motifs is 2. The molecule has 0 aliphatic carbocycles. The van der Waals surface area contributed by atoms with Gasteiger partial charge in [0.05, 0.1) is 21.0 Å². The van der Waals surface area contributed by atoms with Gasteiger partial charge in [-0.1, -0.05) is 48.0 Å². The van der Waals surface area contributed by atoms with E-state index in [0.29, 0.717) is 21.9 Å². The lowest BCUT2D eigenvalue weighted by molar-refractivity contribution is 0.521. The standard InChI is InChI=1S/C21H18ClN3O2S/c1-25(2)28(26,27)17-9-10-19-20(13-17)24-21(23-19)18(22)12-14-7-8-15-5-3-4-6-16(15)11-14/h3-13H,1-2H3,(H,23,24)/b18-12-. The number of halogens is 1. The van der Waals surface area contributed by atoms with Gasteiger partial charge in [-0.25, -0.2) is 17.7 Å². The molecule has 0 amide bonds. The predicted octanol–water partition coefficient (Wildman–Crippen LogP) is 4.70. The summed E-state index contributed by atoms with van der Waals surface area (Å²) in [5.74, 6) is 0.490. The zero-order valence-corrected chi connectivity index (χ0v) is 16.9. The van der Waals surface area contributed by atoms with Crippen LogP contribution in [0.1, 0.15) is 11.4 Å². The molecule has 142 valence electrons. The Hall–Kier alpha value is -2.67. The summed E-state index contributed by atoms with van der Waals surface area (Å²) in [6.07, 6.45) is 1.84. The molecule has 7 heteroatoms. The molecule has 4 rings (SSSR count). The molecule has 1 N–H and O–H groups in total. The minimum Gasteiger partial charge on any atom is -0.337 e. The van der Waals surface area contributed by atoms with Crippen LogP contribution < -0.4 is 0 Å². The average molecular weight is 412 g/mol. The number of hydrogen-bond acceptors (Lipinski definition) is 3. The normalized spacial score (nSPS) is 12.9. The second kappa shape index (κ2) is 7.05. The van der Waals surface area contributed by atoms with Crippen LogP contribution in [0.4, 0.5) is 0 Å². The largest absolute Gasteiger partial charge is 0.337 e. The maximum Gasteiger partial charge on any atom is 0.242 e. The van der Waals surface area contributed by atoms with Gasteiger partial charge < -0.3 is 4.98 Å². The fourth-order valence-corrected chi connectivity index (χ4v) is 4.13. The topological polar surface area (TPSA) is 66.1 Å². The highest BCUT2D eigenvalue weighted by Crippen LogP contribution is 2.26. The van der Waals surface area contributed by atoms with Crippen LogP contribution >= 0.6 is 11.6 Å². The van der Waals surface area contributed by atoms with Crippen LogP contribution in [-0.4, -0.2) is 36.8 Å². The summed E-state index contributed by atoms with van der Waals surface area (Å²) < 4.78 is 25.8. The smallest absolute Gasteiger partial charge is 0.242 e. The number of H-pyrrole nitrogens is 1. The van der Waals surface area contributed by atoms with Crippen LogP contribution in [0, 0.1) is 0 Å². The first-order valence-corrected chi connectivity index (χ1v) is 10.4. The second-order valence-electron chi connectivity index (χ2n) is 6.65. The van der Waals surface area contributed by atoms with Crippen molar-refractivity contribution in [2.45, 2.75) is 4.90 Å². The lowest BCUT2D eigenvalue weighted by Crippen LogP contribution is -2.22. The third-order valence-corrected chi connectivity index (χ3v) is 6.62. The summed E-state index contributed by atoms with van der Waals surface area (Å²) in [5.41, 5.74) is 2.22. The SMILES string of the molecule is CN(C)S(=O)(=O)c1ccc2nc(/C(Cl)=C/c3ccc4ccccc4c3)[nH]c2c1. The number of nitrogens with zero attached hydrogens (tertiary/aromatic N) is 2. The zero-order chi connectivity index (χ0) is 19.9. The van der Waals surface area contributed by atoms with E-state index in [1.165, 1.54) is 18.4 Å². The number of aromatic amines is 1. The summed E-state index contributed by atoms with van der Waals surface area (Å²) >= 11 is 6.48. The van der Waals surface area contributed by atoms with Gasteiger partial charge in [-0.2, -0.15) is 0 Å². The Morgan fingerprint density at radius 1 is 1.04 bits per heavy atom. The minimum absolute atomic E-state index is 0.204. The number of sulfonamides is 1. The van der Waals surface area contributed by atoms with Gasteiger partial charge >= 0.3 is 0 Å². The van der Waals surface area contributed by atoms with Crippen LogP contribution in [0.5, 0.6) is 0 Å². The van der Waals surface area contributed by atoms with Gasteiger partial charge in [-0.05, 0) is 46.7 Å². The lowest BCUT2D eigenvalue weighted by Gasteiger charge is -2.10. The molecule has 5 nitrogen and oxygen atoms in total. The Bertz CT molecular complexity index is 1320. The van der Waals surface area contributed by atoms with Crippen molar-refractivity contribution < 1.29 is 8.42 Å². The van der Waals surface area contributed by atoms with Crippen molar-refractivity contribution in [1.29, 1.82) is 0 Å². The molecule has 0 unspecified atom stereocenters. The number of rotatable bonds is 4. The van der Waals surface area contributed by atoms with Crippen molar-refractivity contribution in [3.8, 4) is 0 Å². The first-order valence-electron chi connectivity index (χ1n) is 8.63. The third-order valence-electron chi connectivity index (χ3n) is 4.53. The van der Waals surface area contributed by atoms with E-state index in [1.807, 2.05) is 30.3 Å². The van der Waals surface area contributed by atoms with Crippen LogP contribution in [0.2, 0.25) is 0 Å². The number of aromatic nitrogens is 2. The van der Waals surface area contributed by atoms with E-state index in [2.05, 4.69) is 28.2 Å². The molecule has 0 atom stereocenters. The quantitative estimate of drug-likeness (QED) is 0.529. The number of nitrogens with one attached hydrogen (secondary N) is 1. The molecule has 1 heterocycles. The molecule has 0 bridgehead atoms. The summed E-state index contributed by atoms with van der Waals surface area (Å²) in [7, 11) is -0.509. The van der Waals surface area contributed by atoms with Gasteiger partial charge in [0, 0.05) is 14.1 Å². The number of hydrogen-bond donors (Lipinski definition) is 1. The highest BCUT2D eigenvalue weighted by atomic mass is 35.5. The van der Waals surface area contributed by atoms with E-state index in [1.54, 1.807) is 18.2 Å². The Kier molecular flexibility index (Phi) is 4.71. The van der Waals surface area contributed by atoms with Crippen LogP contribution in [0.15, 0.2) is 65.6 Å². The monoisotopic (exact) mass is 411 g/mol. The van der Waals surface area contributed by atoms with E-state index in [-0.39, 0.29) is 4.90 Å². The van der Waals surface area contributed by atoms with E-state index < -0.39 is 10.0 Å². The third kappa shape index (κ3) is 3.42. The maximum absolute atomic E-state index is 12.3. The Morgan fingerprint density at radius 2 is 1.79 bits per heavy atom. The van der Waals surface area contributed by atoms with Gasteiger partial charge in [-0.3, -0.25) is 0 Å². The van der Waals surface area contributed by atoms with Crippen molar-refractivity contribution >= 4 is 54.5 Å². The minimum atomic E-state index is -3.51. The summed E-state index contributed by atoms with van der Waals surface area (Å²) in [6.45, 7) is 0. The molecule has 0 saturated carbocycles. The number of imidazole rings is 1. The van der Waals surface area contributed by atoms with Crippen molar-refractivity contribution in [1.82, 2.24) is 14.3 Å². The van der Waals surface area contributed by atoms with Crippen LogP contribution in [0.25, 0.3) is 32.9 Å². The molecule has 0 aliphatic rings. The highest BCUT2D eigenvalue weighted by molar-refractivity contribution is 7.89. The average Bonchev–Trinajstić information content (AvgIpc) is 3.11. The molecule has 28 heavy (non-hydrogen) atoms. The van der Waals surface area contributed by atoms with Gasteiger partial charge in [0.25, 0.3) is 0 Å². The van der Waals surface area contributed by atoms with Gasteiger partial charge in [-0.15, -0.1) is 0 Å². The zero-order valence-electron chi connectivity index (χ0n) is 15.3. The molecular formula is C21H18ClN3O2S. The van der Waals surface area contributed by atoms with Crippen molar-refractivity contribution in [3.63, 3.8) is 0 Å². The highest BCUT2D eigenvalue weighted by Gasteiger charge is 2.18. The Labute approximate surface area is 168 Å². The predicted molar refractivity (Wildman–Crippen MR) is 115 cm³/mol. The molecule has 0 fully saturated rings. The molecule has 0 radical (unpaired) electrons. The molecular weight excluding hydrogens is 394 g/mol. The fraction of sp³-hybridized carbons (Fsp3) is 0.0952. The van der Waals surface area contributed by atoms with E-state index in [4.69, 9.17) is 11.6 Å². The lowest BCUT2D eigenvalue weighted by atomic mass is 10.1. The Morgan fingerprint density at radius 3 is 2.54 bits per heavy atom. The molecule has 0 saturated heterocycles. The van der Waals surface area contributed by atoms with Crippen molar-refractivity contribution in [2.75, 3.05) is 14.1 Å². The summed E-state index contributed by atoms with van der Waals surface area (Å²) in [4.78, 5) is 7.79. The van der Waals surface area contributed by atoms with Crippen LogP contribution in [0.3, 0.4) is 0 Å².